The minimum absolute atomic E-state index is 0.962. The van der Waals surface area contributed by atoms with Crippen molar-refractivity contribution >= 4 is 18.4 Å². The lowest BCUT2D eigenvalue weighted by Crippen LogP contribution is -2.49. The molecule has 1 aliphatic heterocycles. The van der Waals surface area contributed by atoms with Gasteiger partial charge in [-0.05, 0) is 45.8 Å². The van der Waals surface area contributed by atoms with Crippen molar-refractivity contribution < 1.29 is 0 Å². The van der Waals surface area contributed by atoms with Crippen LogP contribution in [0.1, 0.15) is 11.1 Å². The molecule has 0 saturated heterocycles. The van der Waals surface area contributed by atoms with Gasteiger partial charge in [-0.15, -0.1) is 12.8 Å². The Hall–Kier alpha value is -2.22. The third-order valence-corrected chi connectivity index (χ3v) is 7.53. The highest BCUT2D eigenvalue weighted by atomic mass is 28.3. The molecule has 0 nitrogen and oxygen atoms in total. The van der Waals surface area contributed by atoms with Gasteiger partial charge in [0, 0.05) is 11.1 Å². The van der Waals surface area contributed by atoms with Gasteiger partial charge in [0.25, 0.3) is 0 Å². The van der Waals surface area contributed by atoms with Crippen molar-refractivity contribution in [1.29, 1.82) is 0 Å². The van der Waals surface area contributed by atoms with E-state index in [1.165, 1.54) is 21.5 Å². The van der Waals surface area contributed by atoms with Gasteiger partial charge in [-0.25, -0.2) is 0 Å². The Morgan fingerprint density at radius 1 is 0.789 bits per heavy atom. The molecule has 0 fully saturated rings. The van der Waals surface area contributed by atoms with Crippen LogP contribution in [-0.2, 0) is 0 Å². The Morgan fingerprint density at radius 3 is 1.58 bits per heavy atom. The van der Waals surface area contributed by atoms with E-state index in [0.717, 1.165) is 11.1 Å². The Kier molecular flexibility index (Phi) is 2.42. The summed E-state index contributed by atoms with van der Waals surface area (Å²) in [6.45, 7) is 4.72. The molecule has 0 aliphatic carbocycles. The van der Waals surface area contributed by atoms with Crippen molar-refractivity contribution in [3.63, 3.8) is 0 Å². The van der Waals surface area contributed by atoms with Crippen molar-refractivity contribution in [2.45, 2.75) is 13.1 Å². The average Bonchev–Trinajstić information content (AvgIpc) is 2.67. The van der Waals surface area contributed by atoms with Crippen LogP contribution in [0.4, 0.5) is 0 Å². The van der Waals surface area contributed by atoms with E-state index in [0.29, 0.717) is 0 Å². The maximum atomic E-state index is 5.52. The SMILES string of the molecule is C#Cc1ccc2c(c1)[Si](C)(C)c1cc(C#C)ccc1-2. The molecular formula is C18H14Si. The fourth-order valence-electron chi connectivity index (χ4n) is 2.92. The third kappa shape index (κ3) is 1.56. The highest BCUT2D eigenvalue weighted by Gasteiger charge is 2.37. The van der Waals surface area contributed by atoms with Gasteiger partial charge in [0.05, 0.1) is 0 Å². The molecule has 1 heterocycles. The van der Waals surface area contributed by atoms with Crippen LogP contribution in [0.2, 0.25) is 13.1 Å². The molecular weight excluding hydrogens is 244 g/mol. The number of hydrogen-bond acceptors (Lipinski definition) is 0. The van der Waals surface area contributed by atoms with Gasteiger partial charge in [-0.2, -0.15) is 0 Å². The van der Waals surface area contributed by atoms with Gasteiger partial charge in [-0.1, -0.05) is 37.1 Å². The number of fused-ring (bicyclic) bond motifs is 3. The summed E-state index contributed by atoms with van der Waals surface area (Å²) in [5.74, 6) is 5.47. The zero-order valence-electron chi connectivity index (χ0n) is 11.1. The van der Waals surface area contributed by atoms with Gasteiger partial charge in [0.2, 0.25) is 0 Å². The molecule has 3 rings (SSSR count). The maximum absolute atomic E-state index is 5.52. The summed E-state index contributed by atoms with van der Waals surface area (Å²) in [6, 6.07) is 12.7. The van der Waals surface area contributed by atoms with E-state index < -0.39 is 8.07 Å². The van der Waals surface area contributed by atoms with Gasteiger partial charge < -0.3 is 0 Å². The first-order chi connectivity index (χ1) is 9.07. The van der Waals surface area contributed by atoms with Crippen LogP contribution in [-0.4, -0.2) is 8.07 Å². The van der Waals surface area contributed by atoms with Crippen LogP contribution in [0.25, 0.3) is 11.1 Å². The van der Waals surface area contributed by atoms with Crippen LogP contribution >= 0.6 is 0 Å². The fourth-order valence-corrected chi connectivity index (χ4v) is 6.02. The first kappa shape index (κ1) is 11.8. The molecule has 0 atom stereocenters. The lowest BCUT2D eigenvalue weighted by Gasteiger charge is -2.19. The first-order valence-corrected chi connectivity index (χ1v) is 9.30. The van der Waals surface area contributed by atoms with Crippen LogP contribution in [0.3, 0.4) is 0 Å². The zero-order valence-corrected chi connectivity index (χ0v) is 12.1. The summed E-state index contributed by atoms with van der Waals surface area (Å²) in [4.78, 5) is 0. The minimum atomic E-state index is -1.67. The van der Waals surface area contributed by atoms with Crippen LogP contribution in [0, 0.1) is 24.7 Å². The monoisotopic (exact) mass is 258 g/mol. The Bertz CT molecular complexity index is 702. The fraction of sp³-hybridized carbons (Fsp3) is 0.111. The van der Waals surface area contributed by atoms with E-state index in [2.05, 4.69) is 49.2 Å². The highest BCUT2D eigenvalue weighted by molar-refractivity contribution is 7.03. The lowest BCUT2D eigenvalue weighted by molar-refractivity contribution is 1.65. The van der Waals surface area contributed by atoms with Gasteiger partial charge >= 0.3 is 0 Å². The normalized spacial score (nSPS) is 14.1. The zero-order chi connectivity index (χ0) is 13.6. The van der Waals surface area contributed by atoms with Crippen LogP contribution in [0.5, 0.6) is 0 Å². The highest BCUT2D eigenvalue weighted by Crippen LogP contribution is 2.28. The molecule has 0 radical (unpaired) electrons. The summed E-state index contributed by atoms with van der Waals surface area (Å²) < 4.78 is 0. The molecule has 0 N–H and O–H groups in total. The molecule has 0 spiro atoms. The number of terminal acetylenes is 2. The van der Waals surface area contributed by atoms with Gasteiger partial charge in [0.1, 0.15) is 8.07 Å². The van der Waals surface area contributed by atoms with Gasteiger partial charge in [-0.3, -0.25) is 0 Å². The predicted octanol–water partition coefficient (Wildman–Crippen LogP) is 2.45. The summed E-state index contributed by atoms with van der Waals surface area (Å²) in [5, 5.41) is 2.85. The molecule has 0 bridgehead atoms. The average molecular weight is 258 g/mol. The molecule has 2 aromatic carbocycles. The molecule has 0 aromatic heterocycles. The molecule has 1 aliphatic rings. The van der Waals surface area contributed by atoms with E-state index in [9.17, 15) is 0 Å². The molecule has 0 unspecified atom stereocenters. The van der Waals surface area contributed by atoms with E-state index in [4.69, 9.17) is 12.8 Å². The van der Waals surface area contributed by atoms with Crippen molar-refractivity contribution in [3.05, 3.63) is 47.5 Å². The second-order valence-corrected chi connectivity index (χ2v) is 9.76. The standard InChI is InChI=1S/C18H14Si/c1-5-13-7-9-15-16-10-8-14(6-2)12-18(16)19(3,4)17(15)11-13/h1-2,7-12H,3-4H3. The summed E-state index contributed by atoms with van der Waals surface area (Å²) in [5.41, 5.74) is 4.58. The number of rotatable bonds is 0. The van der Waals surface area contributed by atoms with Crippen molar-refractivity contribution in [1.82, 2.24) is 0 Å². The first-order valence-electron chi connectivity index (χ1n) is 6.30. The molecule has 1 heteroatoms. The quantitative estimate of drug-likeness (QED) is 0.503. The second-order valence-electron chi connectivity index (χ2n) is 5.43. The summed E-state index contributed by atoms with van der Waals surface area (Å²) >= 11 is 0. The topological polar surface area (TPSA) is 0 Å². The minimum Gasteiger partial charge on any atom is -0.115 e. The molecule has 19 heavy (non-hydrogen) atoms. The Morgan fingerprint density at radius 2 is 1.21 bits per heavy atom. The Labute approximate surface area is 115 Å². The number of benzene rings is 2. The second kappa shape index (κ2) is 3.89. The smallest absolute Gasteiger partial charge is 0.113 e. The van der Waals surface area contributed by atoms with Crippen molar-refractivity contribution in [2.24, 2.45) is 0 Å². The summed E-state index contributed by atoms with van der Waals surface area (Å²) in [6.07, 6.45) is 11.0. The maximum Gasteiger partial charge on any atom is 0.113 e. The van der Waals surface area contributed by atoms with E-state index in [1.54, 1.807) is 0 Å². The van der Waals surface area contributed by atoms with Crippen molar-refractivity contribution in [3.8, 4) is 35.8 Å². The summed E-state index contributed by atoms with van der Waals surface area (Å²) in [7, 11) is -1.67. The van der Waals surface area contributed by atoms with Crippen LogP contribution < -0.4 is 10.4 Å². The molecule has 0 saturated carbocycles. The van der Waals surface area contributed by atoms with Crippen molar-refractivity contribution in [2.75, 3.05) is 0 Å². The Balaban J connectivity index is 2.33. The predicted molar refractivity (Wildman–Crippen MR) is 84.5 cm³/mol. The third-order valence-electron chi connectivity index (χ3n) is 4.01. The van der Waals surface area contributed by atoms with Crippen LogP contribution in [0.15, 0.2) is 36.4 Å². The molecule has 90 valence electrons. The van der Waals surface area contributed by atoms with E-state index in [1.807, 2.05) is 12.1 Å². The largest absolute Gasteiger partial charge is 0.115 e. The van der Waals surface area contributed by atoms with E-state index in [-0.39, 0.29) is 0 Å². The van der Waals surface area contributed by atoms with Gasteiger partial charge in [0.15, 0.2) is 0 Å². The number of hydrogen-bond donors (Lipinski definition) is 0. The molecule has 0 amide bonds. The lowest BCUT2D eigenvalue weighted by atomic mass is 10.0. The molecule has 2 aromatic rings. The van der Waals surface area contributed by atoms with E-state index >= 15 is 0 Å².